The molecule has 1 aromatic heterocycles. The molecule has 0 aliphatic carbocycles. The average molecular weight is 246 g/mol. The Hall–Kier alpha value is -2.07. The first-order chi connectivity index (χ1) is 8.61. The van der Waals surface area contributed by atoms with Gasteiger partial charge in [0, 0.05) is 5.92 Å². The molecular weight excluding hydrogens is 232 g/mol. The van der Waals surface area contributed by atoms with Crippen molar-refractivity contribution in [1.82, 2.24) is 0 Å². The summed E-state index contributed by atoms with van der Waals surface area (Å²) in [5.74, 6) is -1.24. The van der Waals surface area contributed by atoms with Gasteiger partial charge in [0.05, 0.1) is 6.26 Å². The van der Waals surface area contributed by atoms with E-state index in [-0.39, 0.29) is 17.2 Å². The summed E-state index contributed by atoms with van der Waals surface area (Å²) in [7, 11) is 0. The molecule has 4 nitrogen and oxygen atoms in total. The highest BCUT2D eigenvalue weighted by Gasteiger charge is 2.26. The van der Waals surface area contributed by atoms with Gasteiger partial charge < -0.3 is 14.6 Å². The molecule has 2 atom stereocenters. The van der Waals surface area contributed by atoms with Gasteiger partial charge in [0.15, 0.2) is 0 Å². The van der Waals surface area contributed by atoms with Crippen molar-refractivity contribution in [3.63, 3.8) is 0 Å². The summed E-state index contributed by atoms with van der Waals surface area (Å²) in [5.41, 5.74) is 0.933. The van der Waals surface area contributed by atoms with Gasteiger partial charge in [0.25, 0.3) is 0 Å². The number of aromatic carboxylic acids is 1. The van der Waals surface area contributed by atoms with Gasteiger partial charge in [-0.25, -0.2) is 4.79 Å². The van der Waals surface area contributed by atoms with Gasteiger partial charge in [-0.1, -0.05) is 37.3 Å². The van der Waals surface area contributed by atoms with E-state index in [0.717, 1.165) is 5.56 Å². The van der Waals surface area contributed by atoms with E-state index in [1.807, 2.05) is 37.3 Å². The third kappa shape index (κ3) is 2.28. The molecule has 4 heteroatoms. The zero-order valence-electron chi connectivity index (χ0n) is 9.91. The first-order valence-corrected chi connectivity index (χ1v) is 5.65. The van der Waals surface area contributed by atoms with Gasteiger partial charge in [-0.2, -0.15) is 0 Å². The summed E-state index contributed by atoms with van der Waals surface area (Å²) >= 11 is 0. The van der Waals surface area contributed by atoms with E-state index in [1.54, 1.807) is 0 Å². The highest BCUT2D eigenvalue weighted by atomic mass is 16.4. The van der Waals surface area contributed by atoms with Crippen LogP contribution in [0.3, 0.4) is 0 Å². The summed E-state index contributed by atoms with van der Waals surface area (Å²) in [6.07, 6.45) is 0.299. The van der Waals surface area contributed by atoms with Crippen LogP contribution in [0.4, 0.5) is 0 Å². The maximum atomic E-state index is 11.0. The van der Waals surface area contributed by atoms with E-state index in [1.165, 1.54) is 12.3 Å². The van der Waals surface area contributed by atoms with E-state index in [4.69, 9.17) is 9.52 Å². The SMILES string of the molecule is CC(c1ccccc1)C(O)c1occc1C(=O)O. The fourth-order valence-corrected chi connectivity index (χ4v) is 1.89. The van der Waals surface area contributed by atoms with E-state index >= 15 is 0 Å². The minimum atomic E-state index is -1.10. The summed E-state index contributed by atoms with van der Waals surface area (Å²) in [6, 6.07) is 10.8. The molecule has 0 aliphatic rings. The van der Waals surface area contributed by atoms with Crippen LogP contribution in [0.25, 0.3) is 0 Å². The average Bonchev–Trinajstić information content (AvgIpc) is 2.87. The van der Waals surface area contributed by atoms with Crippen molar-refractivity contribution in [2.24, 2.45) is 0 Å². The quantitative estimate of drug-likeness (QED) is 0.870. The molecule has 0 spiro atoms. The van der Waals surface area contributed by atoms with Gasteiger partial charge in [-0.15, -0.1) is 0 Å². The summed E-state index contributed by atoms with van der Waals surface area (Å²) < 4.78 is 5.10. The monoisotopic (exact) mass is 246 g/mol. The molecule has 0 saturated carbocycles. The number of carboxylic acids is 1. The lowest BCUT2D eigenvalue weighted by Crippen LogP contribution is -2.10. The van der Waals surface area contributed by atoms with Crippen LogP contribution in [-0.4, -0.2) is 16.2 Å². The van der Waals surface area contributed by atoms with Gasteiger partial charge in [-0.05, 0) is 11.6 Å². The van der Waals surface area contributed by atoms with Crippen molar-refractivity contribution >= 4 is 5.97 Å². The number of aliphatic hydroxyl groups is 1. The lowest BCUT2D eigenvalue weighted by molar-refractivity contribution is 0.0677. The minimum Gasteiger partial charge on any atom is -0.478 e. The molecule has 1 aromatic carbocycles. The zero-order valence-corrected chi connectivity index (χ0v) is 9.91. The number of carbonyl (C=O) groups is 1. The zero-order chi connectivity index (χ0) is 13.1. The van der Waals surface area contributed by atoms with E-state index < -0.39 is 12.1 Å². The molecule has 2 N–H and O–H groups in total. The van der Waals surface area contributed by atoms with Crippen molar-refractivity contribution in [1.29, 1.82) is 0 Å². The molecule has 0 saturated heterocycles. The summed E-state index contributed by atoms with van der Waals surface area (Å²) in [4.78, 5) is 11.0. The van der Waals surface area contributed by atoms with Crippen molar-refractivity contribution in [3.05, 3.63) is 59.5 Å². The Morgan fingerprint density at radius 3 is 2.50 bits per heavy atom. The molecule has 2 aromatic rings. The van der Waals surface area contributed by atoms with Gasteiger partial charge in [0.2, 0.25) is 0 Å². The fraction of sp³-hybridized carbons (Fsp3) is 0.214. The standard InChI is InChI=1S/C14H14O4/c1-9(10-5-3-2-4-6-10)12(15)13-11(14(16)17)7-8-18-13/h2-9,12,15H,1H3,(H,16,17). The molecule has 0 fully saturated rings. The van der Waals surface area contributed by atoms with Gasteiger partial charge in [-0.3, -0.25) is 0 Å². The predicted octanol–water partition coefficient (Wildman–Crippen LogP) is 2.81. The first kappa shape index (κ1) is 12.4. The molecule has 0 aliphatic heterocycles. The van der Waals surface area contributed by atoms with Crippen LogP contribution >= 0.6 is 0 Å². The molecule has 0 radical (unpaired) electrons. The predicted molar refractivity (Wildman–Crippen MR) is 65.5 cm³/mol. The fourth-order valence-electron chi connectivity index (χ4n) is 1.89. The number of rotatable bonds is 4. The Kier molecular flexibility index (Phi) is 3.48. The Morgan fingerprint density at radius 1 is 1.22 bits per heavy atom. The summed E-state index contributed by atoms with van der Waals surface area (Å²) in [6.45, 7) is 1.83. The molecule has 0 amide bonds. The second-order valence-electron chi connectivity index (χ2n) is 4.15. The third-order valence-corrected chi connectivity index (χ3v) is 2.99. The van der Waals surface area contributed by atoms with Crippen LogP contribution in [0.15, 0.2) is 47.1 Å². The Labute approximate surface area is 104 Å². The number of hydrogen-bond donors (Lipinski definition) is 2. The number of hydrogen-bond acceptors (Lipinski definition) is 3. The van der Waals surface area contributed by atoms with Crippen LogP contribution in [0, 0.1) is 0 Å². The van der Waals surface area contributed by atoms with Crippen LogP contribution < -0.4 is 0 Å². The minimum absolute atomic E-state index is 0.00489. The van der Waals surface area contributed by atoms with Crippen LogP contribution in [0.1, 0.15) is 40.6 Å². The Morgan fingerprint density at radius 2 is 1.89 bits per heavy atom. The second kappa shape index (κ2) is 5.06. The van der Waals surface area contributed by atoms with Crippen LogP contribution in [-0.2, 0) is 0 Å². The number of furan rings is 1. The van der Waals surface area contributed by atoms with Gasteiger partial charge in [0.1, 0.15) is 17.4 Å². The highest BCUT2D eigenvalue weighted by molar-refractivity contribution is 5.88. The largest absolute Gasteiger partial charge is 0.478 e. The molecule has 2 unspecified atom stereocenters. The lowest BCUT2D eigenvalue weighted by Gasteiger charge is -2.17. The van der Waals surface area contributed by atoms with Crippen molar-refractivity contribution in [3.8, 4) is 0 Å². The Balaban J connectivity index is 2.29. The molecule has 18 heavy (non-hydrogen) atoms. The van der Waals surface area contributed by atoms with Crippen LogP contribution in [0.5, 0.6) is 0 Å². The van der Waals surface area contributed by atoms with E-state index in [9.17, 15) is 9.90 Å². The molecule has 0 bridgehead atoms. The maximum absolute atomic E-state index is 11.0. The smallest absolute Gasteiger partial charge is 0.339 e. The first-order valence-electron chi connectivity index (χ1n) is 5.65. The maximum Gasteiger partial charge on any atom is 0.339 e. The highest BCUT2D eigenvalue weighted by Crippen LogP contribution is 2.32. The Bertz CT molecular complexity index is 530. The van der Waals surface area contributed by atoms with Crippen molar-refractivity contribution in [2.45, 2.75) is 18.9 Å². The summed E-state index contributed by atoms with van der Waals surface area (Å²) in [5, 5.41) is 19.2. The lowest BCUT2D eigenvalue weighted by atomic mass is 9.93. The number of carboxylic acid groups (broad SMARTS) is 1. The molecule has 1 heterocycles. The van der Waals surface area contributed by atoms with E-state index in [2.05, 4.69) is 0 Å². The second-order valence-corrected chi connectivity index (χ2v) is 4.15. The van der Waals surface area contributed by atoms with Crippen molar-refractivity contribution in [2.75, 3.05) is 0 Å². The molecule has 2 rings (SSSR count). The van der Waals surface area contributed by atoms with Crippen LogP contribution in [0.2, 0.25) is 0 Å². The third-order valence-electron chi connectivity index (χ3n) is 2.99. The molecule has 94 valence electrons. The van der Waals surface area contributed by atoms with Gasteiger partial charge >= 0.3 is 5.97 Å². The molecular formula is C14H14O4. The topological polar surface area (TPSA) is 70.7 Å². The van der Waals surface area contributed by atoms with E-state index in [0.29, 0.717) is 0 Å². The number of aliphatic hydroxyl groups excluding tert-OH is 1. The number of benzene rings is 1. The van der Waals surface area contributed by atoms with Crippen molar-refractivity contribution < 1.29 is 19.4 Å². The normalized spacial score (nSPS) is 14.1.